The zero-order valence-electron chi connectivity index (χ0n) is 12.1. The third kappa shape index (κ3) is 5.55. The summed E-state index contributed by atoms with van der Waals surface area (Å²) in [6, 6.07) is 3.80. The number of ether oxygens (including phenoxy) is 2. The number of rotatable bonds is 8. The van der Waals surface area contributed by atoms with Crippen molar-refractivity contribution in [1.82, 2.24) is 10.3 Å². The Morgan fingerprint density at radius 2 is 2.11 bits per heavy atom. The van der Waals surface area contributed by atoms with Gasteiger partial charge in [-0.1, -0.05) is 0 Å². The van der Waals surface area contributed by atoms with Gasteiger partial charge in [-0.25, -0.2) is 0 Å². The maximum Gasteiger partial charge on any atom is 0.142 e. The van der Waals surface area contributed by atoms with Crippen molar-refractivity contribution < 1.29 is 14.6 Å². The van der Waals surface area contributed by atoms with Crippen LogP contribution in [-0.2, 0) is 11.3 Å². The molecule has 0 amide bonds. The number of aliphatic hydroxyl groups excluding tert-OH is 1. The van der Waals surface area contributed by atoms with E-state index < -0.39 is 6.10 Å². The van der Waals surface area contributed by atoms with Crippen LogP contribution in [-0.4, -0.2) is 42.6 Å². The molecule has 2 N–H and O–H groups in total. The van der Waals surface area contributed by atoms with Crippen LogP contribution < -0.4 is 10.1 Å². The molecule has 0 fully saturated rings. The zero-order chi connectivity index (χ0) is 14.3. The van der Waals surface area contributed by atoms with Gasteiger partial charge in [0.15, 0.2) is 0 Å². The number of hydrogen-bond donors (Lipinski definition) is 2. The number of aliphatic hydroxyl groups is 1. The van der Waals surface area contributed by atoms with Gasteiger partial charge in [0.25, 0.3) is 0 Å². The van der Waals surface area contributed by atoms with Gasteiger partial charge < -0.3 is 19.9 Å². The standard InChI is InChI=1S/C14H24N2O3/c1-10-5-6-14(19-12(3)11(2)17)13(16-10)9-15-7-8-18-4/h5-6,11-12,15,17H,7-9H2,1-4H3. The second-order valence-electron chi connectivity index (χ2n) is 4.63. The Kier molecular flexibility index (Phi) is 6.77. The molecule has 0 aliphatic rings. The summed E-state index contributed by atoms with van der Waals surface area (Å²) in [5.74, 6) is 0.712. The van der Waals surface area contributed by atoms with Crippen LogP contribution in [0.2, 0.25) is 0 Å². The molecule has 0 bridgehead atoms. The Hall–Kier alpha value is -1.17. The molecule has 1 rings (SSSR count). The van der Waals surface area contributed by atoms with Gasteiger partial charge in [-0.05, 0) is 32.9 Å². The first-order valence-electron chi connectivity index (χ1n) is 6.55. The molecule has 0 aliphatic heterocycles. The van der Waals surface area contributed by atoms with Gasteiger partial charge in [0.2, 0.25) is 0 Å². The monoisotopic (exact) mass is 268 g/mol. The minimum atomic E-state index is -0.518. The molecule has 0 radical (unpaired) electrons. The SMILES string of the molecule is COCCNCc1nc(C)ccc1OC(C)C(C)O. The number of aromatic nitrogens is 1. The molecular weight excluding hydrogens is 244 g/mol. The van der Waals surface area contributed by atoms with Crippen molar-refractivity contribution in [1.29, 1.82) is 0 Å². The van der Waals surface area contributed by atoms with E-state index in [0.29, 0.717) is 18.9 Å². The van der Waals surface area contributed by atoms with Crippen LogP contribution in [0.15, 0.2) is 12.1 Å². The van der Waals surface area contributed by atoms with Crippen molar-refractivity contribution in [3.05, 3.63) is 23.5 Å². The summed E-state index contributed by atoms with van der Waals surface area (Å²) in [5.41, 5.74) is 1.80. The first-order chi connectivity index (χ1) is 9.04. The fourth-order valence-corrected chi connectivity index (χ4v) is 1.51. The Bertz CT molecular complexity index is 383. The molecule has 0 spiro atoms. The lowest BCUT2D eigenvalue weighted by molar-refractivity contribution is 0.0594. The molecule has 19 heavy (non-hydrogen) atoms. The lowest BCUT2D eigenvalue weighted by Crippen LogP contribution is -2.27. The minimum Gasteiger partial charge on any atom is -0.486 e. The molecule has 108 valence electrons. The van der Waals surface area contributed by atoms with Crippen molar-refractivity contribution in [2.24, 2.45) is 0 Å². The van der Waals surface area contributed by atoms with Crippen LogP contribution in [0.3, 0.4) is 0 Å². The van der Waals surface area contributed by atoms with Gasteiger partial charge in [-0.15, -0.1) is 0 Å². The summed E-state index contributed by atoms with van der Waals surface area (Å²) in [4.78, 5) is 4.47. The lowest BCUT2D eigenvalue weighted by atomic mass is 10.2. The van der Waals surface area contributed by atoms with Crippen molar-refractivity contribution in [2.45, 2.75) is 39.5 Å². The summed E-state index contributed by atoms with van der Waals surface area (Å²) in [6.07, 6.45) is -0.780. The third-order valence-corrected chi connectivity index (χ3v) is 2.84. The normalized spacial score (nSPS) is 14.2. The smallest absolute Gasteiger partial charge is 0.142 e. The highest BCUT2D eigenvalue weighted by atomic mass is 16.5. The van der Waals surface area contributed by atoms with Crippen LogP contribution in [0.1, 0.15) is 25.2 Å². The molecule has 0 saturated heterocycles. The third-order valence-electron chi connectivity index (χ3n) is 2.84. The van der Waals surface area contributed by atoms with Crippen molar-refractivity contribution in [3.8, 4) is 5.75 Å². The Morgan fingerprint density at radius 3 is 2.74 bits per heavy atom. The van der Waals surface area contributed by atoms with Crippen molar-refractivity contribution in [2.75, 3.05) is 20.3 Å². The first-order valence-corrected chi connectivity index (χ1v) is 6.55. The average Bonchev–Trinajstić information content (AvgIpc) is 2.37. The van der Waals surface area contributed by atoms with E-state index in [9.17, 15) is 5.11 Å². The number of methoxy groups -OCH3 is 1. The highest BCUT2D eigenvalue weighted by Gasteiger charge is 2.13. The lowest BCUT2D eigenvalue weighted by Gasteiger charge is -2.19. The molecule has 2 atom stereocenters. The molecule has 2 unspecified atom stereocenters. The van der Waals surface area contributed by atoms with Gasteiger partial charge in [-0.3, -0.25) is 4.98 Å². The summed E-state index contributed by atoms with van der Waals surface area (Å²) >= 11 is 0. The quantitative estimate of drug-likeness (QED) is 0.695. The van der Waals surface area contributed by atoms with Crippen LogP contribution in [0, 0.1) is 6.92 Å². The van der Waals surface area contributed by atoms with Crippen LogP contribution in [0.4, 0.5) is 0 Å². The second-order valence-corrected chi connectivity index (χ2v) is 4.63. The van der Waals surface area contributed by atoms with Gasteiger partial charge in [-0.2, -0.15) is 0 Å². The maximum absolute atomic E-state index is 9.50. The largest absolute Gasteiger partial charge is 0.486 e. The van der Waals surface area contributed by atoms with Gasteiger partial charge in [0, 0.05) is 25.9 Å². The summed E-state index contributed by atoms with van der Waals surface area (Å²) in [6.45, 7) is 7.53. The molecular formula is C14H24N2O3. The van der Waals surface area contributed by atoms with Crippen LogP contribution in [0.5, 0.6) is 5.75 Å². The van der Waals surface area contributed by atoms with Crippen molar-refractivity contribution in [3.63, 3.8) is 0 Å². The first kappa shape index (κ1) is 15.9. The highest BCUT2D eigenvalue weighted by molar-refractivity contribution is 5.29. The predicted molar refractivity (Wildman–Crippen MR) is 74.3 cm³/mol. The van der Waals surface area contributed by atoms with E-state index in [2.05, 4.69) is 10.3 Å². The number of pyridine rings is 1. The van der Waals surface area contributed by atoms with Gasteiger partial charge in [0.1, 0.15) is 11.9 Å². The average molecular weight is 268 g/mol. The fourth-order valence-electron chi connectivity index (χ4n) is 1.51. The predicted octanol–water partition coefficient (Wildman–Crippen LogP) is 1.27. The summed E-state index contributed by atoms with van der Waals surface area (Å²) < 4.78 is 10.7. The van der Waals surface area contributed by atoms with E-state index in [-0.39, 0.29) is 6.10 Å². The van der Waals surface area contributed by atoms with E-state index in [4.69, 9.17) is 9.47 Å². The topological polar surface area (TPSA) is 63.6 Å². The molecule has 1 aromatic rings. The Balaban J connectivity index is 2.68. The second kappa shape index (κ2) is 8.09. The zero-order valence-corrected chi connectivity index (χ0v) is 12.1. The molecule has 0 aromatic carbocycles. The Morgan fingerprint density at radius 1 is 1.37 bits per heavy atom. The molecule has 0 saturated carbocycles. The Labute approximate surface area is 115 Å². The van der Waals surface area contributed by atoms with E-state index in [0.717, 1.165) is 17.9 Å². The number of hydrogen-bond acceptors (Lipinski definition) is 5. The molecule has 0 aliphatic carbocycles. The fraction of sp³-hybridized carbons (Fsp3) is 0.643. The molecule has 5 nitrogen and oxygen atoms in total. The number of aryl methyl sites for hydroxylation is 1. The summed E-state index contributed by atoms with van der Waals surface area (Å²) in [5, 5.41) is 12.7. The van der Waals surface area contributed by atoms with Gasteiger partial charge in [0.05, 0.1) is 18.4 Å². The highest BCUT2D eigenvalue weighted by Crippen LogP contribution is 2.19. The van der Waals surface area contributed by atoms with Crippen LogP contribution >= 0.6 is 0 Å². The van der Waals surface area contributed by atoms with E-state index >= 15 is 0 Å². The van der Waals surface area contributed by atoms with E-state index in [1.807, 2.05) is 26.0 Å². The number of nitrogens with zero attached hydrogens (tertiary/aromatic N) is 1. The van der Waals surface area contributed by atoms with Gasteiger partial charge >= 0.3 is 0 Å². The van der Waals surface area contributed by atoms with Crippen LogP contribution in [0.25, 0.3) is 0 Å². The molecule has 5 heteroatoms. The maximum atomic E-state index is 9.50. The molecule has 1 heterocycles. The van der Waals surface area contributed by atoms with E-state index in [1.54, 1.807) is 14.0 Å². The van der Waals surface area contributed by atoms with E-state index in [1.165, 1.54) is 0 Å². The number of nitrogens with one attached hydrogen (secondary N) is 1. The van der Waals surface area contributed by atoms with Crippen molar-refractivity contribution >= 4 is 0 Å². The molecule has 1 aromatic heterocycles. The summed E-state index contributed by atoms with van der Waals surface area (Å²) in [7, 11) is 1.67. The minimum absolute atomic E-state index is 0.262.